The van der Waals surface area contributed by atoms with Crippen LogP contribution in [0, 0.1) is 13.8 Å². The minimum atomic E-state index is -0.103. The number of thioether (sulfide) groups is 1. The summed E-state index contributed by atoms with van der Waals surface area (Å²) in [7, 11) is 0. The fourth-order valence-electron chi connectivity index (χ4n) is 3.47. The van der Waals surface area contributed by atoms with Crippen molar-refractivity contribution in [2.24, 2.45) is 0 Å². The lowest BCUT2D eigenvalue weighted by molar-refractivity contribution is 0.850. The van der Waals surface area contributed by atoms with Crippen LogP contribution in [0.3, 0.4) is 0 Å². The first kappa shape index (κ1) is 20.2. The average molecular weight is 466 g/mol. The number of aromatic amines is 1. The highest BCUT2D eigenvalue weighted by Gasteiger charge is 2.20. The Morgan fingerprint density at radius 3 is 2.77 bits per heavy atom. The Morgan fingerprint density at radius 2 is 2.00 bits per heavy atom. The highest BCUT2D eigenvalue weighted by atomic mass is 32.2. The Morgan fingerprint density at radius 1 is 1.13 bits per heavy atom. The third-order valence-corrected chi connectivity index (χ3v) is 7.80. The summed E-state index contributed by atoms with van der Waals surface area (Å²) in [6.45, 7) is 6.02. The first-order valence-electron chi connectivity index (χ1n) is 9.72. The third kappa shape index (κ3) is 3.73. The van der Waals surface area contributed by atoms with Gasteiger partial charge >= 0.3 is 0 Å². The highest BCUT2D eigenvalue weighted by molar-refractivity contribution is 7.99. The van der Waals surface area contributed by atoms with Gasteiger partial charge in [0.15, 0.2) is 5.16 Å². The number of rotatable bonds is 5. The molecule has 4 heterocycles. The number of fused-ring (bicyclic) bond motifs is 1. The van der Waals surface area contributed by atoms with Crippen LogP contribution in [-0.2, 0) is 0 Å². The molecular formula is C22H19N5OS3. The van der Waals surface area contributed by atoms with E-state index in [-0.39, 0.29) is 10.8 Å². The molecule has 6 nitrogen and oxygen atoms in total. The van der Waals surface area contributed by atoms with Crippen molar-refractivity contribution in [2.45, 2.75) is 31.2 Å². The number of nitrogens with zero attached hydrogens (tertiary/aromatic N) is 4. The van der Waals surface area contributed by atoms with Gasteiger partial charge in [0.05, 0.1) is 10.6 Å². The van der Waals surface area contributed by atoms with Crippen molar-refractivity contribution in [3.63, 3.8) is 0 Å². The third-order valence-electron chi connectivity index (χ3n) is 4.97. The van der Waals surface area contributed by atoms with Crippen LogP contribution in [0.4, 0.5) is 0 Å². The Kier molecular flexibility index (Phi) is 5.25. The summed E-state index contributed by atoms with van der Waals surface area (Å²) >= 11 is 4.66. The van der Waals surface area contributed by atoms with E-state index in [0.717, 1.165) is 31.9 Å². The van der Waals surface area contributed by atoms with Crippen LogP contribution in [0.25, 0.3) is 26.3 Å². The summed E-state index contributed by atoms with van der Waals surface area (Å²) in [4.78, 5) is 22.5. The Hall–Kier alpha value is -2.75. The maximum Gasteiger partial charge on any atom is 0.260 e. The Balaban J connectivity index is 1.50. The zero-order valence-corrected chi connectivity index (χ0v) is 19.6. The highest BCUT2D eigenvalue weighted by Crippen LogP contribution is 2.37. The fraction of sp³-hybridized carbons (Fsp3) is 0.182. The monoisotopic (exact) mass is 465 g/mol. The minimum Gasteiger partial charge on any atom is -0.309 e. The van der Waals surface area contributed by atoms with Crippen molar-refractivity contribution >= 4 is 44.7 Å². The van der Waals surface area contributed by atoms with Gasteiger partial charge in [-0.2, -0.15) is 0 Å². The second-order valence-electron chi connectivity index (χ2n) is 7.22. The van der Waals surface area contributed by atoms with Gasteiger partial charge in [-0.3, -0.25) is 9.36 Å². The van der Waals surface area contributed by atoms with Gasteiger partial charge in [-0.15, -0.1) is 32.9 Å². The first-order valence-corrected chi connectivity index (χ1v) is 12.4. The van der Waals surface area contributed by atoms with Gasteiger partial charge in [-0.1, -0.05) is 30.0 Å². The largest absolute Gasteiger partial charge is 0.309 e. The second kappa shape index (κ2) is 8.07. The van der Waals surface area contributed by atoms with E-state index in [1.165, 1.54) is 28.7 Å². The topological polar surface area (TPSA) is 76.5 Å². The second-order valence-corrected chi connectivity index (χ2v) is 10.3. The molecule has 0 amide bonds. The van der Waals surface area contributed by atoms with Crippen LogP contribution in [0.5, 0.6) is 0 Å². The van der Waals surface area contributed by atoms with E-state index in [4.69, 9.17) is 4.98 Å². The molecule has 0 bridgehead atoms. The van der Waals surface area contributed by atoms with Crippen LogP contribution >= 0.6 is 34.4 Å². The number of hydrogen-bond acceptors (Lipinski definition) is 7. The molecule has 5 rings (SSSR count). The molecule has 0 radical (unpaired) electrons. The molecule has 0 aliphatic heterocycles. The lowest BCUT2D eigenvalue weighted by Crippen LogP contribution is -2.12. The van der Waals surface area contributed by atoms with Crippen molar-refractivity contribution in [1.29, 1.82) is 0 Å². The molecule has 0 saturated heterocycles. The molecule has 0 aliphatic carbocycles. The van der Waals surface area contributed by atoms with Crippen LogP contribution < -0.4 is 5.56 Å². The van der Waals surface area contributed by atoms with Gasteiger partial charge in [0.2, 0.25) is 0 Å². The van der Waals surface area contributed by atoms with E-state index in [2.05, 4.69) is 34.2 Å². The lowest BCUT2D eigenvalue weighted by Gasteiger charge is -2.13. The number of aromatic nitrogens is 5. The summed E-state index contributed by atoms with van der Waals surface area (Å²) in [5, 5.41) is 14.0. The Labute approximate surface area is 191 Å². The van der Waals surface area contributed by atoms with Crippen molar-refractivity contribution in [2.75, 3.05) is 0 Å². The van der Waals surface area contributed by atoms with Crippen LogP contribution in [0.1, 0.15) is 29.4 Å². The number of nitrogens with one attached hydrogen (secondary N) is 1. The first-order chi connectivity index (χ1) is 15.0. The smallest absolute Gasteiger partial charge is 0.260 e. The number of hydrogen-bond donors (Lipinski definition) is 1. The fourth-order valence-corrected chi connectivity index (χ4v) is 6.21. The van der Waals surface area contributed by atoms with E-state index < -0.39 is 0 Å². The molecule has 9 heteroatoms. The maximum absolute atomic E-state index is 12.9. The molecule has 31 heavy (non-hydrogen) atoms. The zero-order valence-electron chi connectivity index (χ0n) is 17.1. The summed E-state index contributed by atoms with van der Waals surface area (Å²) in [6.07, 6.45) is 0. The summed E-state index contributed by atoms with van der Waals surface area (Å²) < 4.78 is 2.03. The van der Waals surface area contributed by atoms with Gasteiger partial charge in [0.25, 0.3) is 5.56 Å². The van der Waals surface area contributed by atoms with Crippen molar-refractivity contribution < 1.29 is 0 Å². The van der Waals surface area contributed by atoms with Crippen molar-refractivity contribution in [3.8, 4) is 16.1 Å². The number of aryl methyl sites for hydroxylation is 2. The van der Waals surface area contributed by atoms with E-state index in [1.807, 2.05) is 53.4 Å². The molecule has 0 fully saturated rings. The number of H-pyrrole nitrogens is 1. The van der Waals surface area contributed by atoms with Gasteiger partial charge < -0.3 is 4.98 Å². The maximum atomic E-state index is 12.9. The Bertz CT molecular complexity index is 1430. The van der Waals surface area contributed by atoms with Crippen LogP contribution in [0.15, 0.2) is 57.1 Å². The van der Waals surface area contributed by atoms with Crippen molar-refractivity contribution in [1.82, 2.24) is 24.7 Å². The van der Waals surface area contributed by atoms with Gasteiger partial charge in [-0.25, -0.2) is 4.98 Å². The summed E-state index contributed by atoms with van der Waals surface area (Å²) in [5.41, 5.74) is 3.04. The summed E-state index contributed by atoms with van der Waals surface area (Å²) in [6, 6.07) is 12.3. The molecule has 1 aromatic carbocycles. The van der Waals surface area contributed by atoms with E-state index in [9.17, 15) is 4.79 Å². The van der Waals surface area contributed by atoms with E-state index >= 15 is 0 Å². The standard InChI is InChI=1S/C22H19N5OS3/c1-12-6-4-7-15(10-12)27-14(3)25-26-22(27)31-13(2)19-23-20(28)18-16(11-30-21(18)24-19)17-8-5-9-29-17/h4-11,13H,1-3H3,(H,23,24,28). The predicted molar refractivity (Wildman–Crippen MR) is 129 cm³/mol. The molecule has 0 saturated carbocycles. The molecule has 0 spiro atoms. The molecule has 1 N–H and O–H groups in total. The number of thiophene rings is 2. The average Bonchev–Trinajstić information content (AvgIpc) is 3.47. The molecule has 0 aliphatic rings. The molecule has 5 aromatic rings. The van der Waals surface area contributed by atoms with Crippen LogP contribution in [-0.4, -0.2) is 24.7 Å². The molecule has 4 aromatic heterocycles. The summed E-state index contributed by atoms with van der Waals surface area (Å²) in [5.74, 6) is 1.45. The minimum absolute atomic E-state index is 0.100. The van der Waals surface area contributed by atoms with Gasteiger partial charge in [-0.05, 0) is 49.9 Å². The lowest BCUT2D eigenvalue weighted by atomic mass is 10.2. The van der Waals surface area contributed by atoms with Crippen LogP contribution in [0.2, 0.25) is 0 Å². The molecule has 156 valence electrons. The van der Waals surface area contributed by atoms with Gasteiger partial charge in [0, 0.05) is 21.5 Å². The quantitative estimate of drug-likeness (QED) is 0.334. The molecule has 1 atom stereocenters. The van der Waals surface area contributed by atoms with E-state index in [1.54, 1.807) is 11.3 Å². The zero-order chi connectivity index (χ0) is 21.5. The van der Waals surface area contributed by atoms with E-state index in [0.29, 0.717) is 11.2 Å². The van der Waals surface area contributed by atoms with Gasteiger partial charge in [0.1, 0.15) is 16.5 Å². The number of benzene rings is 1. The molecular weight excluding hydrogens is 446 g/mol. The normalized spacial score (nSPS) is 12.5. The van der Waals surface area contributed by atoms with Crippen molar-refractivity contribution in [3.05, 3.63) is 74.7 Å². The SMILES string of the molecule is Cc1cccc(-n2c(C)nnc2SC(C)c2nc3scc(-c4cccs4)c3c(=O)[nH]2)c1. The molecule has 1 unspecified atom stereocenters. The predicted octanol–water partition coefficient (Wildman–Crippen LogP) is 5.76.